The molecular weight excluding hydrogens is 593 g/mol. The zero-order valence-electron chi connectivity index (χ0n) is 29.6. The molecule has 0 bridgehead atoms. The van der Waals surface area contributed by atoms with Crippen LogP contribution in [0.2, 0.25) is 0 Å². The first kappa shape index (κ1) is 33.3. The highest BCUT2D eigenvalue weighted by atomic mass is 15.3. The van der Waals surface area contributed by atoms with Gasteiger partial charge in [-0.25, -0.2) is 0 Å². The first-order valence-electron chi connectivity index (χ1n) is 17.1. The van der Waals surface area contributed by atoms with E-state index in [4.69, 9.17) is 0 Å². The predicted octanol–water partition coefficient (Wildman–Crippen LogP) is 13.2. The molecule has 0 saturated heterocycles. The number of anilines is 2. The molecule has 5 aromatic carbocycles. The van der Waals surface area contributed by atoms with E-state index in [0.717, 1.165) is 28.4 Å². The van der Waals surface area contributed by atoms with Crippen LogP contribution < -0.4 is 4.90 Å². The van der Waals surface area contributed by atoms with Crippen LogP contribution in [0.5, 0.6) is 0 Å². The largest absolute Gasteiger partial charge is 0.296 e. The zero-order chi connectivity index (χ0) is 34.5. The number of hydrogen-bond donors (Lipinski definition) is 0. The topological polar surface area (TPSA) is 8.17 Å². The quantitative estimate of drug-likeness (QED) is 0.113. The number of nitrogens with zero attached hydrogens (tertiary/aromatic N) is 2. The third-order valence-electron chi connectivity index (χ3n) is 9.18. The number of allylic oxidation sites excluding steroid dienone is 5. The minimum Gasteiger partial charge on any atom is -0.296 e. The van der Waals surface area contributed by atoms with E-state index in [0.29, 0.717) is 0 Å². The molecule has 0 radical (unpaired) electrons. The Balaban J connectivity index is 1.53. The molecule has 6 rings (SSSR count). The van der Waals surface area contributed by atoms with Crippen LogP contribution >= 0.6 is 0 Å². The maximum Gasteiger partial charge on any atom is 0.123 e. The van der Waals surface area contributed by atoms with Crippen molar-refractivity contribution in [1.29, 1.82) is 0 Å². The van der Waals surface area contributed by atoms with E-state index in [1.807, 2.05) is 12.2 Å². The van der Waals surface area contributed by atoms with Crippen LogP contribution in [-0.4, -0.2) is 4.57 Å². The second-order valence-corrected chi connectivity index (χ2v) is 13.7. The molecule has 0 atom stereocenters. The van der Waals surface area contributed by atoms with Crippen molar-refractivity contribution < 1.29 is 0 Å². The van der Waals surface area contributed by atoms with Crippen LogP contribution in [0, 0.1) is 6.92 Å². The summed E-state index contributed by atoms with van der Waals surface area (Å²) in [6.07, 6.45) is 10.4. The minimum absolute atomic E-state index is 0.0653. The Labute approximate surface area is 292 Å². The van der Waals surface area contributed by atoms with Crippen LogP contribution in [0.4, 0.5) is 11.5 Å². The summed E-state index contributed by atoms with van der Waals surface area (Å²) < 4.78 is 2.40. The average molecular weight is 639 g/mol. The molecule has 0 saturated carbocycles. The monoisotopic (exact) mass is 638 g/mol. The fourth-order valence-electron chi connectivity index (χ4n) is 6.40. The second-order valence-electron chi connectivity index (χ2n) is 13.7. The first-order valence-corrected chi connectivity index (χ1v) is 17.1. The normalized spacial score (nSPS) is 12.5. The third kappa shape index (κ3) is 7.15. The number of aromatic nitrogens is 1. The van der Waals surface area contributed by atoms with E-state index >= 15 is 0 Å². The Bertz CT molecular complexity index is 2170. The van der Waals surface area contributed by atoms with Crippen LogP contribution in [-0.2, 0) is 5.41 Å². The van der Waals surface area contributed by atoms with Gasteiger partial charge in [0.25, 0.3) is 0 Å². The van der Waals surface area contributed by atoms with Gasteiger partial charge in [-0.3, -0.25) is 9.47 Å². The Morgan fingerprint density at radius 1 is 0.755 bits per heavy atom. The van der Waals surface area contributed by atoms with Crippen molar-refractivity contribution in [3.63, 3.8) is 0 Å². The Hall–Kier alpha value is -5.60. The Kier molecular flexibility index (Phi) is 9.69. The van der Waals surface area contributed by atoms with E-state index in [2.05, 4.69) is 203 Å². The summed E-state index contributed by atoms with van der Waals surface area (Å²) in [5.41, 5.74) is 13.2. The van der Waals surface area contributed by atoms with Crippen LogP contribution in [0.1, 0.15) is 56.9 Å². The standard InChI is InChI=1S/C47H46N2/c1-8-10-19-42(9-2)48(43-20-15-12-16-21-43)46-33-40-25-24-39(32-45(40)49(46)44-28-26-41(27-29-44)47(5,6)7)38-23-22-37(35(4)31-38)30-34(3)36-17-13-11-14-18-36/h8-33H,1H2,2-7H3/b19-10-,34-30+,42-9+. The van der Waals surface area contributed by atoms with Crippen molar-refractivity contribution in [2.24, 2.45) is 0 Å². The lowest BCUT2D eigenvalue weighted by Gasteiger charge is -2.28. The van der Waals surface area contributed by atoms with Gasteiger partial charge in [-0.2, -0.15) is 0 Å². The number of rotatable bonds is 9. The van der Waals surface area contributed by atoms with E-state index in [-0.39, 0.29) is 5.41 Å². The van der Waals surface area contributed by atoms with Gasteiger partial charge < -0.3 is 0 Å². The SMILES string of the molecule is C=C/C=C\C(=C/C)N(c1ccccc1)c1cc2ccc(-c3ccc(/C=C(\C)c4ccccc4)c(C)c3)cc2n1-c1ccc(C(C)(C)C)cc1. The summed E-state index contributed by atoms with van der Waals surface area (Å²) in [7, 11) is 0. The Morgan fingerprint density at radius 2 is 1.41 bits per heavy atom. The van der Waals surface area contributed by atoms with E-state index < -0.39 is 0 Å². The van der Waals surface area contributed by atoms with E-state index in [1.165, 1.54) is 44.3 Å². The lowest BCUT2D eigenvalue weighted by molar-refractivity contribution is 0.590. The van der Waals surface area contributed by atoms with Gasteiger partial charge in [-0.1, -0.05) is 143 Å². The van der Waals surface area contributed by atoms with Crippen molar-refractivity contribution in [3.8, 4) is 16.8 Å². The first-order chi connectivity index (χ1) is 23.7. The van der Waals surface area contributed by atoms with Crippen molar-refractivity contribution in [3.05, 3.63) is 186 Å². The molecular formula is C47H46N2. The summed E-state index contributed by atoms with van der Waals surface area (Å²) >= 11 is 0. The number of hydrogen-bond acceptors (Lipinski definition) is 1. The molecule has 0 N–H and O–H groups in total. The van der Waals surface area contributed by atoms with Gasteiger partial charge in [0.05, 0.1) is 5.52 Å². The summed E-state index contributed by atoms with van der Waals surface area (Å²) in [6, 6.07) is 46.2. The Morgan fingerprint density at radius 3 is 2.04 bits per heavy atom. The van der Waals surface area contributed by atoms with Gasteiger partial charge in [-0.15, -0.1) is 0 Å². The predicted molar refractivity (Wildman–Crippen MR) is 214 cm³/mol. The minimum atomic E-state index is 0.0653. The summed E-state index contributed by atoms with van der Waals surface area (Å²) in [5, 5.41) is 1.18. The highest BCUT2D eigenvalue weighted by molar-refractivity contribution is 5.93. The fraction of sp³-hybridized carbons (Fsp3) is 0.149. The molecule has 0 spiro atoms. The number of para-hydroxylation sites is 1. The second kappa shape index (κ2) is 14.3. The van der Waals surface area contributed by atoms with Crippen LogP contribution in [0.25, 0.3) is 39.4 Å². The van der Waals surface area contributed by atoms with Crippen molar-refractivity contribution in [1.82, 2.24) is 4.57 Å². The molecule has 1 aromatic heterocycles. The lowest BCUT2D eigenvalue weighted by Crippen LogP contribution is -2.18. The smallest absolute Gasteiger partial charge is 0.123 e. The van der Waals surface area contributed by atoms with Crippen molar-refractivity contribution in [2.75, 3.05) is 4.90 Å². The highest BCUT2D eigenvalue weighted by Gasteiger charge is 2.22. The van der Waals surface area contributed by atoms with Crippen molar-refractivity contribution in [2.45, 2.75) is 47.0 Å². The molecule has 2 nitrogen and oxygen atoms in total. The molecule has 244 valence electrons. The molecule has 0 aliphatic carbocycles. The molecule has 0 unspecified atom stereocenters. The molecule has 2 heteroatoms. The molecule has 49 heavy (non-hydrogen) atoms. The number of benzene rings is 5. The van der Waals surface area contributed by atoms with Gasteiger partial charge in [0.1, 0.15) is 5.82 Å². The number of fused-ring (bicyclic) bond motifs is 1. The molecule has 0 aliphatic heterocycles. The summed E-state index contributed by atoms with van der Waals surface area (Å²) in [6.45, 7) is 17.2. The fourth-order valence-corrected chi connectivity index (χ4v) is 6.40. The maximum absolute atomic E-state index is 3.94. The summed E-state index contributed by atoms with van der Waals surface area (Å²) in [4.78, 5) is 2.33. The van der Waals surface area contributed by atoms with E-state index in [9.17, 15) is 0 Å². The zero-order valence-corrected chi connectivity index (χ0v) is 29.6. The highest BCUT2D eigenvalue weighted by Crippen LogP contribution is 2.39. The van der Waals surface area contributed by atoms with E-state index in [1.54, 1.807) is 0 Å². The number of aryl methyl sites for hydroxylation is 1. The molecule has 0 aliphatic rings. The van der Waals surface area contributed by atoms with Gasteiger partial charge in [0, 0.05) is 22.5 Å². The molecule has 6 aromatic rings. The van der Waals surface area contributed by atoms with Gasteiger partial charge in [-0.05, 0) is 108 Å². The third-order valence-corrected chi connectivity index (χ3v) is 9.18. The van der Waals surface area contributed by atoms with Crippen LogP contribution in [0.3, 0.4) is 0 Å². The lowest BCUT2D eigenvalue weighted by atomic mass is 9.87. The molecule has 1 heterocycles. The van der Waals surface area contributed by atoms with Gasteiger partial charge >= 0.3 is 0 Å². The van der Waals surface area contributed by atoms with Gasteiger partial charge in [0.15, 0.2) is 0 Å². The summed E-state index contributed by atoms with van der Waals surface area (Å²) in [5.74, 6) is 1.07. The van der Waals surface area contributed by atoms with Crippen molar-refractivity contribution >= 4 is 34.1 Å². The molecule has 0 amide bonds. The van der Waals surface area contributed by atoms with Crippen LogP contribution in [0.15, 0.2) is 164 Å². The maximum atomic E-state index is 3.94. The molecule has 0 fully saturated rings. The van der Waals surface area contributed by atoms with Gasteiger partial charge in [0.2, 0.25) is 0 Å². The average Bonchev–Trinajstić information content (AvgIpc) is 3.49.